The molecular formula is C13H9CuO2. The maximum absolute atomic E-state index is 10.9. The smallest absolute Gasteiger partial charge is 0.545 e. The minimum absolute atomic E-state index is 0. The number of aromatic carboxylic acids is 1. The summed E-state index contributed by atoms with van der Waals surface area (Å²) in [6.45, 7) is 0. The Morgan fingerprint density at radius 3 is 2.06 bits per heavy atom. The third-order valence-electron chi connectivity index (χ3n) is 2.23. The third-order valence-corrected chi connectivity index (χ3v) is 2.23. The number of carbonyl (C=O) groups excluding carboxylic acids is 1. The topological polar surface area (TPSA) is 40.1 Å². The van der Waals surface area contributed by atoms with Crippen LogP contribution in [0.4, 0.5) is 0 Å². The van der Waals surface area contributed by atoms with Crippen LogP contribution in [0.25, 0.3) is 11.1 Å². The van der Waals surface area contributed by atoms with E-state index in [1.807, 2.05) is 36.4 Å². The molecule has 0 fully saturated rings. The summed E-state index contributed by atoms with van der Waals surface area (Å²) < 4.78 is 0. The van der Waals surface area contributed by atoms with E-state index in [1.165, 1.54) is 0 Å². The number of carboxylic acids is 1. The van der Waals surface area contributed by atoms with Gasteiger partial charge in [-0.15, -0.1) is 0 Å². The van der Waals surface area contributed by atoms with Crippen molar-refractivity contribution in [3.05, 3.63) is 60.2 Å². The molecule has 0 N–H and O–H groups in total. The molecule has 16 heavy (non-hydrogen) atoms. The molecule has 0 heterocycles. The number of hydrogen-bond donors (Lipinski definition) is 0. The first-order chi connectivity index (χ1) is 7.29. The van der Waals surface area contributed by atoms with Gasteiger partial charge in [0.25, 0.3) is 0 Å². The molecule has 2 nitrogen and oxygen atoms in total. The summed E-state index contributed by atoms with van der Waals surface area (Å²) in [4.78, 5) is 10.9. The second-order valence-corrected chi connectivity index (χ2v) is 3.20. The Kier molecular flexibility index (Phi) is 4.29. The van der Waals surface area contributed by atoms with E-state index in [4.69, 9.17) is 0 Å². The van der Waals surface area contributed by atoms with Gasteiger partial charge in [0, 0.05) is 5.56 Å². The third kappa shape index (κ3) is 2.51. The molecule has 0 saturated heterocycles. The van der Waals surface area contributed by atoms with E-state index in [0.717, 1.165) is 5.56 Å². The van der Waals surface area contributed by atoms with Crippen LogP contribution in [-0.4, -0.2) is 5.97 Å². The van der Waals surface area contributed by atoms with Crippen LogP contribution >= 0.6 is 0 Å². The van der Waals surface area contributed by atoms with Gasteiger partial charge in [-0.05, 0) is 11.1 Å². The van der Waals surface area contributed by atoms with Crippen molar-refractivity contribution in [1.29, 1.82) is 0 Å². The average molecular weight is 261 g/mol. The van der Waals surface area contributed by atoms with E-state index in [-0.39, 0.29) is 22.6 Å². The predicted octanol–water partition coefficient (Wildman–Crippen LogP) is 1.71. The Labute approximate surface area is 104 Å². The quantitative estimate of drug-likeness (QED) is 0.772. The zero-order valence-electron chi connectivity index (χ0n) is 8.31. The SMILES string of the molecule is O=C([O-])c1ccccc1-c1ccccc1.[Cu+]. The van der Waals surface area contributed by atoms with Gasteiger partial charge in [0.05, 0.1) is 5.97 Å². The average Bonchev–Trinajstić information content (AvgIpc) is 2.30. The van der Waals surface area contributed by atoms with Crippen LogP contribution in [0.15, 0.2) is 54.6 Å². The van der Waals surface area contributed by atoms with Crippen LogP contribution in [0, 0.1) is 0 Å². The molecule has 0 amide bonds. The zero-order valence-corrected chi connectivity index (χ0v) is 9.26. The first-order valence-corrected chi connectivity index (χ1v) is 4.65. The minimum Gasteiger partial charge on any atom is -0.545 e. The zero-order chi connectivity index (χ0) is 10.7. The molecule has 84 valence electrons. The molecule has 2 aromatic carbocycles. The molecule has 2 rings (SSSR count). The second kappa shape index (κ2) is 5.50. The fourth-order valence-corrected chi connectivity index (χ4v) is 1.53. The molecule has 0 radical (unpaired) electrons. The van der Waals surface area contributed by atoms with Crippen molar-refractivity contribution in [2.45, 2.75) is 0 Å². The Morgan fingerprint density at radius 1 is 0.875 bits per heavy atom. The van der Waals surface area contributed by atoms with Gasteiger partial charge in [-0.25, -0.2) is 0 Å². The molecular weight excluding hydrogens is 252 g/mol. The van der Waals surface area contributed by atoms with E-state index in [9.17, 15) is 9.90 Å². The van der Waals surface area contributed by atoms with Gasteiger partial charge in [0.15, 0.2) is 0 Å². The van der Waals surface area contributed by atoms with Crippen molar-refractivity contribution in [2.75, 3.05) is 0 Å². The number of carbonyl (C=O) groups is 1. The van der Waals surface area contributed by atoms with Gasteiger partial charge >= 0.3 is 17.1 Å². The summed E-state index contributed by atoms with van der Waals surface area (Å²) in [7, 11) is 0. The van der Waals surface area contributed by atoms with Gasteiger partial charge in [-0.2, -0.15) is 0 Å². The normalized spacial score (nSPS) is 9.25. The van der Waals surface area contributed by atoms with Crippen LogP contribution in [0.3, 0.4) is 0 Å². The molecule has 0 aliphatic carbocycles. The molecule has 0 atom stereocenters. The van der Waals surface area contributed by atoms with Crippen molar-refractivity contribution < 1.29 is 27.0 Å². The molecule has 0 saturated carbocycles. The van der Waals surface area contributed by atoms with Crippen LogP contribution < -0.4 is 5.11 Å². The molecule has 3 heteroatoms. The van der Waals surface area contributed by atoms with E-state index in [1.54, 1.807) is 18.2 Å². The van der Waals surface area contributed by atoms with Gasteiger partial charge < -0.3 is 9.90 Å². The second-order valence-electron chi connectivity index (χ2n) is 3.20. The minimum atomic E-state index is -1.14. The van der Waals surface area contributed by atoms with E-state index in [2.05, 4.69) is 0 Å². The summed E-state index contributed by atoms with van der Waals surface area (Å²) in [5.41, 5.74) is 1.80. The van der Waals surface area contributed by atoms with E-state index >= 15 is 0 Å². The standard InChI is InChI=1S/C13H10O2.Cu/c14-13(15)12-9-5-4-8-11(12)10-6-2-1-3-7-10;/h1-9H,(H,14,15);/q;+1/p-1. The number of rotatable bonds is 2. The Balaban J connectivity index is 0.00000128. The largest absolute Gasteiger partial charge is 1.00 e. The number of benzene rings is 2. The summed E-state index contributed by atoms with van der Waals surface area (Å²) in [6, 6.07) is 16.2. The molecule has 0 aromatic heterocycles. The van der Waals surface area contributed by atoms with Crippen molar-refractivity contribution in [3.63, 3.8) is 0 Å². The van der Waals surface area contributed by atoms with Crippen LogP contribution in [0.2, 0.25) is 0 Å². The molecule has 0 unspecified atom stereocenters. The van der Waals surface area contributed by atoms with Crippen LogP contribution in [0.1, 0.15) is 10.4 Å². The van der Waals surface area contributed by atoms with Crippen molar-refractivity contribution in [2.24, 2.45) is 0 Å². The first-order valence-electron chi connectivity index (χ1n) is 4.65. The van der Waals surface area contributed by atoms with Crippen LogP contribution in [0.5, 0.6) is 0 Å². The molecule has 0 spiro atoms. The summed E-state index contributed by atoms with van der Waals surface area (Å²) in [6.07, 6.45) is 0. The maximum atomic E-state index is 10.9. The van der Waals surface area contributed by atoms with Crippen molar-refractivity contribution in [3.8, 4) is 11.1 Å². The molecule has 0 aliphatic heterocycles. The molecule has 2 aromatic rings. The van der Waals surface area contributed by atoms with Gasteiger partial charge in [0.2, 0.25) is 0 Å². The summed E-state index contributed by atoms with van der Waals surface area (Å²) in [5.74, 6) is -1.14. The van der Waals surface area contributed by atoms with Gasteiger partial charge in [-0.3, -0.25) is 0 Å². The molecule has 0 aliphatic rings. The summed E-state index contributed by atoms with van der Waals surface area (Å²) in [5, 5.41) is 10.9. The Morgan fingerprint density at radius 2 is 1.44 bits per heavy atom. The fourth-order valence-electron chi connectivity index (χ4n) is 1.53. The maximum Gasteiger partial charge on any atom is 1.00 e. The van der Waals surface area contributed by atoms with Gasteiger partial charge in [0.1, 0.15) is 0 Å². The summed E-state index contributed by atoms with van der Waals surface area (Å²) >= 11 is 0. The fraction of sp³-hybridized carbons (Fsp3) is 0. The molecule has 0 bridgehead atoms. The van der Waals surface area contributed by atoms with E-state index in [0.29, 0.717) is 5.56 Å². The predicted molar refractivity (Wildman–Crippen MR) is 56.2 cm³/mol. The number of hydrogen-bond acceptors (Lipinski definition) is 2. The Hall–Kier alpha value is -1.57. The van der Waals surface area contributed by atoms with Crippen LogP contribution in [-0.2, 0) is 17.1 Å². The van der Waals surface area contributed by atoms with Crippen molar-refractivity contribution >= 4 is 5.97 Å². The van der Waals surface area contributed by atoms with Crippen molar-refractivity contribution in [1.82, 2.24) is 0 Å². The van der Waals surface area contributed by atoms with E-state index < -0.39 is 5.97 Å². The number of carboxylic acid groups (broad SMARTS) is 1. The van der Waals surface area contributed by atoms with Gasteiger partial charge in [-0.1, -0.05) is 54.6 Å². The monoisotopic (exact) mass is 260 g/mol. The Bertz CT molecular complexity index is 480. The first kappa shape index (κ1) is 12.5.